The Morgan fingerprint density at radius 3 is 2.50 bits per heavy atom. The highest BCUT2D eigenvalue weighted by atomic mass is 16.6. The predicted octanol–water partition coefficient (Wildman–Crippen LogP) is 3.12. The molecule has 3 aliphatic rings. The van der Waals surface area contributed by atoms with Crippen LogP contribution < -0.4 is 0 Å². The minimum Gasteiger partial charge on any atom is -0.461 e. The molecule has 1 amide bonds. The van der Waals surface area contributed by atoms with Crippen LogP contribution in [0.4, 0.5) is 4.79 Å². The molecular weight excluding hydrogens is 282 g/mol. The van der Waals surface area contributed by atoms with Crippen LogP contribution >= 0.6 is 0 Å². The van der Waals surface area contributed by atoms with E-state index in [0.717, 1.165) is 31.1 Å². The average molecular weight is 309 g/mol. The molecule has 0 spiro atoms. The van der Waals surface area contributed by atoms with Gasteiger partial charge in [0.2, 0.25) is 0 Å². The SMILES string of the molecule is COC(=O)N1CCCC1C(=O)OC1CCC2CCCCC2C1. The normalized spacial score (nSPS) is 34.9. The van der Waals surface area contributed by atoms with Gasteiger partial charge in [0.05, 0.1) is 7.11 Å². The Balaban J connectivity index is 1.54. The van der Waals surface area contributed by atoms with Gasteiger partial charge in [-0.3, -0.25) is 4.90 Å². The van der Waals surface area contributed by atoms with Crippen LogP contribution in [0.5, 0.6) is 0 Å². The molecule has 0 radical (unpaired) electrons. The van der Waals surface area contributed by atoms with Crippen molar-refractivity contribution in [2.45, 2.75) is 69.9 Å². The third-order valence-corrected chi connectivity index (χ3v) is 5.71. The third kappa shape index (κ3) is 3.23. The van der Waals surface area contributed by atoms with Crippen molar-refractivity contribution in [3.8, 4) is 0 Å². The summed E-state index contributed by atoms with van der Waals surface area (Å²) in [6, 6.07) is -0.448. The topological polar surface area (TPSA) is 55.8 Å². The van der Waals surface area contributed by atoms with Crippen LogP contribution in [0, 0.1) is 11.8 Å². The van der Waals surface area contributed by atoms with Crippen molar-refractivity contribution >= 4 is 12.1 Å². The number of hydrogen-bond donors (Lipinski definition) is 0. The molecular formula is C17H27NO4. The highest BCUT2D eigenvalue weighted by Gasteiger charge is 2.39. The van der Waals surface area contributed by atoms with Crippen molar-refractivity contribution in [2.75, 3.05) is 13.7 Å². The number of methoxy groups -OCH3 is 1. The van der Waals surface area contributed by atoms with E-state index in [-0.39, 0.29) is 12.1 Å². The second-order valence-corrected chi connectivity index (χ2v) is 7.00. The van der Waals surface area contributed by atoms with Gasteiger partial charge in [-0.2, -0.15) is 0 Å². The molecule has 0 aromatic heterocycles. The number of hydrogen-bond acceptors (Lipinski definition) is 4. The first-order valence-corrected chi connectivity index (χ1v) is 8.74. The van der Waals surface area contributed by atoms with Crippen LogP contribution in [0.1, 0.15) is 57.8 Å². The Bertz CT molecular complexity index is 425. The molecule has 2 saturated carbocycles. The van der Waals surface area contributed by atoms with Crippen molar-refractivity contribution in [1.29, 1.82) is 0 Å². The Morgan fingerprint density at radius 2 is 1.73 bits per heavy atom. The number of likely N-dealkylation sites (tertiary alicyclic amines) is 1. The molecule has 2 aliphatic carbocycles. The largest absolute Gasteiger partial charge is 0.461 e. The summed E-state index contributed by atoms with van der Waals surface area (Å²) in [5.41, 5.74) is 0. The zero-order valence-electron chi connectivity index (χ0n) is 13.5. The van der Waals surface area contributed by atoms with Crippen LogP contribution in [0.15, 0.2) is 0 Å². The fourth-order valence-corrected chi connectivity index (χ4v) is 4.53. The van der Waals surface area contributed by atoms with E-state index in [1.165, 1.54) is 44.1 Å². The molecule has 1 aliphatic heterocycles. The Kier molecular flexibility index (Phi) is 4.89. The molecule has 4 unspecified atom stereocenters. The first-order valence-electron chi connectivity index (χ1n) is 8.74. The molecule has 3 rings (SSSR count). The lowest BCUT2D eigenvalue weighted by Crippen LogP contribution is -2.43. The van der Waals surface area contributed by atoms with Gasteiger partial charge in [0, 0.05) is 6.54 Å². The number of ether oxygens (including phenoxy) is 2. The number of carbonyl (C=O) groups is 2. The van der Waals surface area contributed by atoms with E-state index in [0.29, 0.717) is 13.0 Å². The van der Waals surface area contributed by atoms with Crippen LogP contribution in [0.25, 0.3) is 0 Å². The van der Waals surface area contributed by atoms with Crippen molar-refractivity contribution in [1.82, 2.24) is 4.90 Å². The van der Waals surface area contributed by atoms with Gasteiger partial charge < -0.3 is 9.47 Å². The van der Waals surface area contributed by atoms with Crippen LogP contribution in [-0.4, -0.2) is 42.8 Å². The fraction of sp³-hybridized carbons (Fsp3) is 0.882. The molecule has 5 nitrogen and oxygen atoms in total. The summed E-state index contributed by atoms with van der Waals surface area (Å²) in [5.74, 6) is 1.35. The van der Waals surface area contributed by atoms with Crippen LogP contribution in [-0.2, 0) is 14.3 Å². The minimum absolute atomic E-state index is 0.0481. The molecule has 0 N–H and O–H groups in total. The van der Waals surface area contributed by atoms with E-state index in [9.17, 15) is 9.59 Å². The minimum atomic E-state index is -0.448. The van der Waals surface area contributed by atoms with Gasteiger partial charge in [-0.25, -0.2) is 9.59 Å². The smallest absolute Gasteiger partial charge is 0.410 e. The van der Waals surface area contributed by atoms with Gasteiger partial charge in [0.1, 0.15) is 12.1 Å². The number of fused-ring (bicyclic) bond motifs is 1. The summed E-state index contributed by atoms with van der Waals surface area (Å²) in [6.07, 6.45) is 9.66. The lowest BCUT2D eigenvalue weighted by Gasteiger charge is -2.39. The fourth-order valence-electron chi connectivity index (χ4n) is 4.53. The molecule has 5 heteroatoms. The number of carbonyl (C=O) groups excluding carboxylic acids is 2. The second-order valence-electron chi connectivity index (χ2n) is 7.00. The van der Waals surface area contributed by atoms with Crippen molar-refractivity contribution in [3.05, 3.63) is 0 Å². The molecule has 3 fully saturated rings. The van der Waals surface area contributed by atoms with E-state index in [1.54, 1.807) is 0 Å². The Labute approximate surface area is 132 Å². The van der Waals surface area contributed by atoms with Gasteiger partial charge in [0.15, 0.2) is 0 Å². The maximum absolute atomic E-state index is 12.4. The summed E-state index contributed by atoms with van der Waals surface area (Å²) in [6.45, 7) is 0.585. The Morgan fingerprint density at radius 1 is 0.955 bits per heavy atom. The summed E-state index contributed by atoms with van der Waals surface area (Å²) in [5, 5.41) is 0. The second kappa shape index (κ2) is 6.88. The average Bonchev–Trinajstić information content (AvgIpc) is 3.03. The molecule has 22 heavy (non-hydrogen) atoms. The van der Waals surface area contributed by atoms with E-state index in [1.807, 2.05) is 0 Å². The maximum Gasteiger partial charge on any atom is 0.410 e. The molecule has 124 valence electrons. The van der Waals surface area contributed by atoms with Crippen molar-refractivity contribution in [2.24, 2.45) is 11.8 Å². The highest BCUT2D eigenvalue weighted by molar-refractivity contribution is 5.82. The van der Waals surface area contributed by atoms with E-state index in [2.05, 4.69) is 0 Å². The number of esters is 1. The van der Waals surface area contributed by atoms with E-state index in [4.69, 9.17) is 9.47 Å². The van der Waals surface area contributed by atoms with E-state index < -0.39 is 12.1 Å². The molecule has 4 atom stereocenters. The standard InChI is InChI=1S/C17H27NO4/c1-21-17(20)18-10-4-7-15(18)16(19)22-14-9-8-12-5-2-3-6-13(12)11-14/h12-15H,2-11H2,1H3. The molecule has 0 aromatic rings. The molecule has 0 bridgehead atoms. The number of nitrogens with zero attached hydrogens (tertiary/aromatic N) is 1. The van der Waals surface area contributed by atoms with Gasteiger partial charge >= 0.3 is 12.1 Å². The first-order chi connectivity index (χ1) is 10.7. The predicted molar refractivity (Wildman–Crippen MR) is 81.3 cm³/mol. The first kappa shape index (κ1) is 15.6. The summed E-state index contributed by atoms with van der Waals surface area (Å²) < 4.78 is 10.5. The quantitative estimate of drug-likeness (QED) is 0.735. The maximum atomic E-state index is 12.4. The molecule has 1 heterocycles. The number of amides is 1. The summed E-state index contributed by atoms with van der Waals surface area (Å²) >= 11 is 0. The lowest BCUT2D eigenvalue weighted by molar-refractivity contribution is -0.157. The summed E-state index contributed by atoms with van der Waals surface area (Å²) in [4.78, 5) is 25.6. The van der Waals surface area contributed by atoms with E-state index >= 15 is 0 Å². The Hall–Kier alpha value is -1.26. The van der Waals surface area contributed by atoms with Crippen molar-refractivity contribution < 1.29 is 19.1 Å². The molecule has 1 saturated heterocycles. The zero-order chi connectivity index (χ0) is 15.5. The van der Waals surface area contributed by atoms with Gasteiger partial charge in [0.25, 0.3) is 0 Å². The van der Waals surface area contributed by atoms with Gasteiger partial charge in [-0.05, 0) is 43.9 Å². The zero-order valence-corrected chi connectivity index (χ0v) is 13.5. The molecule has 0 aromatic carbocycles. The van der Waals surface area contributed by atoms with Gasteiger partial charge in [-0.1, -0.05) is 25.7 Å². The van der Waals surface area contributed by atoms with Crippen molar-refractivity contribution in [3.63, 3.8) is 0 Å². The van der Waals surface area contributed by atoms with Gasteiger partial charge in [-0.15, -0.1) is 0 Å². The lowest BCUT2D eigenvalue weighted by atomic mass is 9.70. The monoisotopic (exact) mass is 309 g/mol. The third-order valence-electron chi connectivity index (χ3n) is 5.71. The van der Waals surface area contributed by atoms with Crippen LogP contribution in [0.2, 0.25) is 0 Å². The van der Waals surface area contributed by atoms with Crippen LogP contribution in [0.3, 0.4) is 0 Å². The number of rotatable bonds is 2. The highest BCUT2D eigenvalue weighted by Crippen LogP contribution is 2.41. The summed E-state index contributed by atoms with van der Waals surface area (Å²) in [7, 11) is 1.35.